The van der Waals surface area contributed by atoms with E-state index >= 15 is 0 Å². The van der Waals surface area contributed by atoms with Gasteiger partial charge in [0.15, 0.2) is 45.9 Å². The summed E-state index contributed by atoms with van der Waals surface area (Å²) >= 11 is 0. The molecule has 7 saturated heterocycles. The number of fused-ring (bicyclic) bond motifs is 8. The Kier molecular flexibility index (Phi) is 25.2. The number of amides is 1. The summed E-state index contributed by atoms with van der Waals surface area (Å²) in [6, 6.07) is 33.0. The van der Waals surface area contributed by atoms with E-state index < -0.39 is 5.60 Å². The lowest BCUT2D eigenvalue weighted by molar-refractivity contribution is -0.131. The van der Waals surface area contributed by atoms with Crippen molar-refractivity contribution in [3.05, 3.63) is 218 Å². The molecule has 12 aromatic heterocycles. The largest absolute Gasteiger partial charge is 0.495 e. The van der Waals surface area contributed by atoms with Crippen LogP contribution in [-0.4, -0.2) is 241 Å². The summed E-state index contributed by atoms with van der Waals surface area (Å²) in [5.41, 5.74) is 21.7. The number of aromatic nitrogens is 16. The number of ether oxygens (including phenoxy) is 12. The number of piperidine rings is 1. The first kappa shape index (κ1) is 92.3. The van der Waals surface area contributed by atoms with E-state index in [1.54, 1.807) is 59.4 Å². The van der Waals surface area contributed by atoms with Crippen LogP contribution in [0.1, 0.15) is 92.9 Å². The number of aryl methyl sites for hydroxylation is 4. The zero-order valence-corrected chi connectivity index (χ0v) is 81.9. The van der Waals surface area contributed by atoms with E-state index in [0.29, 0.717) is 54.5 Å². The second kappa shape index (κ2) is 39.9. The third-order valence-electron chi connectivity index (χ3n) is 29.0. The minimum absolute atomic E-state index is 0.0379. The Morgan fingerprint density at radius 3 is 0.979 bits per heavy atom. The number of methoxy groups -OCH3 is 4. The summed E-state index contributed by atoms with van der Waals surface area (Å²) in [6.07, 6.45) is 44.6. The lowest BCUT2D eigenvalue weighted by Gasteiger charge is -2.39. The average molecular weight is 1970 g/mol. The Bertz CT molecular complexity index is 7350. The number of anilines is 12. The minimum Gasteiger partial charge on any atom is -0.495 e. The van der Waals surface area contributed by atoms with Crippen LogP contribution in [0.3, 0.4) is 0 Å². The molecule has 7 fully saturated rings. The van der Waals surface area contributed by atoms with Crippen LogP contribution < -0.4 is 84.1 Å². The van der Waals surface area contributed by atoms with E-state index in [1.807, 2.05) is 122 Å². The van der Waals surface area contributed by atoms with E-state index in [0.717, 1.165) is 359 Å². The molecule has 4 aromatic carbocycles. The third kappa shape index (κ3) is 18.9. The van der Waals surface area contributed by atoms with Gasteiger partial charge in [0.25, 0.3) is 0 Å². The number of alkyl carbamates (subject to hydrolysis) is 1. The van der Waals surface area contributed by atoms with Gasteiger partial charge >= 0.3 is 6.09 Å². The van der Waals surface area contributed by atoms with Crippen molar-refractivity contribution >= 4 is 97.5 Å². The second-order valence-electron chi connectivity index (χ2n) is 38.4. The summed E-state index contributed by atoms with van der Waals surface area (Å²) in [6.45, 7) is 13.7. The quantitative estimate of drug-likeness (QED) is 0.0473. The maximum Gasteiger partial charge on any atom is 0.407 e. The van der Waals surface area contributed by atoms with E-state index in [4.69, 9.17) is 76.8 Å². The standard InChI is InChI=1S/C28H29N7O4.2C27H28N6O3.C26H28N6O3/c1-37-23-13-20(5-6-22(23)35-9-3-7-28(17-35)16-31-27(36)39-28)32-24-25-29-8-10-34(25)15-21(33-24)19-12-18-4-2-11-38-26(18)30-14-19;2*1-34-23-14-20(4-5-22(23)33-9-6-27(17-33)7-12-36-27)30-24-25-28-8-10-32(25)16-21(31-24)19-13-18-3-2-11-35-26(18)29-15-19;1-33-23-15-20(5-6-22(23)31-8-3-11-34-13-10-31)29-24-25-27-7-9-32(25)17-21(30-24)19-14-18-4-2-12-35-26(18)28-16-19/h5-6,8,10,12-15H,2-4,7,9,11,16-17H2,1H3,(H,31,36)(H,32,33);2*4-5,8,10,13-16H,2-3,6-7,9,11-12,17H2,1H3,(H,30,31);5-7,9,14-17H,2-4,8,10-13H2,1H3,(H,29,30)/t;27-;;/m.1../s1. The molecule has 2 unspecified atom stereocenters. The molecule has 11 aliphatic heterocycles. The maximum atomic E-state index is 11.7. The summed E-state index contributed by atoms with van der Waals surface area (Å²) < 4.78 is 76.8. The molecule has 23 heterocycles. The van der Waals surface area contributed by atoms with Crippen LogP contribution in [0.5, 0.6) is 46.5 Å². The molecular weight excluding hydrogens is 1860 g/mol. The Balaban J connectivity index is 0.000000104. The van der Waals surface area contributed by atoms with E-state index in [-0.39, 0.29) is 17.3 Å². The van der Waals surface area contributed by atoms with Crippen LogP contribution >= 0.6 is 0 Å². The fourth-order valence-electron chi connectivity index (χ4n) is 21.3. The number of pyridine rings is 4. The number of hydrogen-bond acceptors (Lipinski definition) is 33. The van der Waals surface area contributed by atoms with Crippen molar-refractivity contribution in [1.82, 2.24) is 82.7 Å². The zero-order valence-electron chi connectivity index (χ0n) is 81.9. The molecule has 0 saturated carbocycles. The van der Waals surface area contributed by atoms with Gasteiger partial charge in [-0.2, -0.15) is 0 Å². The highest BCUT2D eigenvalue weighted by molar-refractivity contribution is 5.82. The Labute approximate surface area is 841 Å². The van der Waals surface area contributed by atoms with Crippen molar-refractivity contribution < 1.29 is 61.6 Å². The normalized spacial score (nSPS) is 19.5. The first-order chi connectivity index (χ1) is 71.8. The van der Waals surface area contributed by atoms with Crippen molar-refractivity contribution in [3.8, 4) is 91.5 Å². The van der Waals surface area contributed by atoms with Crippen LogP contribution in [-0.2, 0) is 44.6 Å². The summed E-state index contributed by atoms with van der Waals surface area (Å²) in [5.74, 6) is 8.72. The fourth-order valence-corrected chi connectivity index (χ4v) is 21.3. The number of hydrogen-bond donors (Lipinski definition) is 5. The van der Waals surface area contributed by atoms with Crippen molar-refractivity contribution in [2.24, 2.45) is 0 Å². The van der Waals surface area contributed by atoms with Crippen LogP contribution in [0.2, 0.25) is 0 Å². The third-order valence-corrected chi connectivity index (χ3v) is 29.0. The highest BCUT2D eigenvalue weighted by Gasteiger charge is 2.48. The highest BCUT2D eigenvalue weighted by Crippen LogP contribution is 2.47. The fraction of sp³-hybridized carbons (Fsp3) is 0.361. The van der Waals surface area contributed by atoms with Gasteiger partial charge in [-0.1, -0.05) is 0 Å². The first-order valence-corrected chi connectivity index (χ1v) is 50.2. The number of carbonyl (C=O) groups is 1. The summed E-state index contributed by atoms with van der Waals surface area (Å²) in [4.78, 5) is 76.9. The van der Waals surface area contributed by atoms with Crippen LogP contribution in [0.4, 0.5) is 73.6 Å². The SMILES string of the molecule is COc1cc(Nc2nc(-c3cnc4c(c3)CCCO4)cn3ccnc23)ccc1N1CCC2(CCO2)C1.COc1cc(Nc2nc(-c3cnc4c(c3)CCCO4)cn3ccnc23)ccc1N1CCCC2(CNC(=O)O2)C1.COc1cc(Nc2nc(-c3cnc4c(c3)CCCO4)cn3ccnc23)ccc1N1CCCOCC1.COc1cc(Nc2nc(-c3cnc4c(c3)CCCO4)cn3ccnc23)ccc1N1CC[C@@]2(CCO2)C1. The Hall–Kier alpha value is -16.1. The molecule has 0 bridgehead atoms. The molecule has 11 aliphatic rings. The summed E-state index contributed by atoms with van der Waals surface area (Å²) in [5, 5.41) is 16.7. The number of imidazole rings is 4. The summed E-state index contributed by atoms with van der Waals surface area (Å²) in [7, 11) is 6.80. The lowest BCUT2D eigenvalue weighted by atomic mass is 9.92. The Morgan fingerprint density at radius 1 is 0.336 bits per heavy atom. The van der Waals surface area contributed by atoms with Crippen molar-refractivity contribution in [1.29, 1.82) is 0 Å². The molecule has 1 amide bonds. The minimum atomic E-state index is -0.494. The van der Waals surface area contributed by atoms with E-state index in [1.165, 1.54) is 0 Å². The molecule has 3 atom stereocenters. The van der Waals surface area contributed by atoms with Gasteiger partial charge in [0.2, 0.25) is 23.5 Å². The van der Waals surface area contributed by atoms with Gasteiger partial charge in [-0.05, 0) is 156 Å². The van der Waals surface area contributed by atoms with E-state index in [2.05, 4.69) is 147 Å². The van der Waals surface area contributed by atoms with Crippen molar-refractivity contribution in [3.63, 3.8) is 0 Å². The van der Waals surface area contributed by atoms with Gasteiger partial charge in [0.05, 0.1) is 145 Å². The molecule has 5 N–H and O–H groups in total. The van der Waals surface area contributed by atoms with Crippen LogP contribution in [0.25, 0.3) is 67.6 Å². The average Bonchev–Trinajstić information content (AvgIpc) is 1.57. The number of nitrogens with zero attached hydrogens (tertiary/aromatic N) is 20. The van der Waals surface area contributed by atoms with Crippen molar-refractivity contribution in [2.75, 3.05) is 181 Å². The second-order valence-corrected chi connectivity index (χ2v) is 38.4. The first-order valence-electron chi connectivity index (χ1n) is 50.2. The lowest BCUT2D eigenvalue weighted by Crippen LogP contribution is -2.50. The molecule has 748 valence electrons. The van der Waals surface area contributed by atoms with Gasteiger partial charge in [-0.15, -0.1) is 0 Å². The predicted molar refractivity (Wildman–Crippen MR) is 552 cm³/mol. The predicted octanol–water partition coefficient (Wildman–Crippen LogP) is 16.5. The maximum absolute atomic E-state index is 11.7. The molecule has 0 radical (unpaired) electrons. The Morgan fingerprint density at radius 2 is 0.664 bits per heavy atom. The molecule has 3 spiro atoms. The van der Waals surface area contributed by atoms with Gasteiger partial charge < -0.3 is 121 Å². The van der Waals surface area contributed by atoms with Gasteiger partial charge in [0.1, 0.15) is 28.6 Å². The van der Waals surface area contributed by atoms with Gasteiger partial charge in [-0.3, -0.25) is 0 Å². The highest BCUT2D eigenvalue weighted by atomic mass is 16.6. The molecule has 16 aromatic rings. The van der Waals surface area contributed by atoms with Crippen LogP contribution in [0, 0.1) is 0 Å². The van der Waals surface area contributed by atoms with Gasteiger partial charge in [0, 0.05) is 256 Å². The number of nitrogens with one attached hydrogen (secondary N) is 5. The molecule has 38 nitrogen and oxygen atoms in total. The number of rotatable bonds is 20. The monoisotopic (exact) mass is 1970 g/mol. The molecule has 27 rings (SSSR count). The molecule has 146 heavy (non-hydrogen) atoms. The topological polar surface area (TPSA) is 373 Å². The van der Waals surface area contributed by atoms with Crippen LogP contribution in [0.15, 0.2) is 196 Å². The van der Waals surface area contributed by atoms with Gasteiger partial charge in [-0.25, -0.2) is 64.6 Å². The number of carbonyl (C=O) groups excluding carboxylic acids is 1. The molecule has 0 aliphatic carbocycles. The smallest absolute Gasteiger partial charge is 0.407 e. The van der Waals surface area contributed by atoms with E-state index in [9.17, 15) is 4.79 Å². The zero-order chi connectivity index (χ0) is 98.2. The molecular formula is C108H113N25O13. The van der Waals surface area contributed by atoms with Crippen molar-refractivity contribution in [2.45, 2.75) is 113 Å². The molecule has 38 heteroatoms. The number of benzene rings is 4.